The summed E-state index contributed by atoms with van der Waals surface area (Å²) in [7, 11) is 0. The molecule has 0 radical (unpaired) electrons. The molecule has 4 atom stereocenters. The Morgan fingerprint density at radius 1 is 1.30 bits per heavy atom. The van der Waals surface area contributed by atoms with Gasteiger partial charge in [-0.2, -0.15) is 0 Å². The predicted molar refractivity (Wildman–Crippen MR) is 85.2 cm³/mol. The topological polar surface area (TPSA) is 179 Å². The molecule has 0 saturated carbocycles. The smallest absolute Gasteiger partial charge is 0.166 e. The van der Waals surface area contributed by atoms with Crippen molar-refractivity contribution in [1.29, 1.82) is 0 Å². The Bertz CT molecular complexity index is 780. The maximum atomic E-state index is 10.2. The SMILES string of the molecule is NC(=S)c1c(N)n([C@H]2O[C@@H](CO)[C@@H](O)[C@H]2O)c2ncnc(N)c12. The minimum Gasteiger partial charge on any atom is -0.394 e. The van der Waals surface area contributed by atoms with Crippen LogP contribution >= 0.6 is 12.2 Å². The number of thiocarbonyl (C=S) groups is 1. The van der Waals surface area contributed by atoms with Gasteiger partial charge in [0.25, 0.3) is 0 Å². The molecule has 0 aromatic carbocycles. The number of aliphatic hydroxyl groups excluding tert-OH is 3. The van der Waals surface area contributed by atoms with Gasteiger partial charge in [-0.3, -0.25) is 4.57 Å². The van der Waals surface area contributed by atoms with E-state index in [2.05, 4.69) is 9.97 Å². The summed E-state index contributed by atoms with van der Waals surface area (Å²) in [5.74, 6) is 0.199. The molecule has 1 aliphatic rings. The van der Waals surface area contributed by atoms with Crippen LogP contribution in [0.5, 0.6) is 0 Å². The zero-order chi connectivity index (χ0) is 16.9. The van der Waals surface area contributed by atoms with Gasteiger partial charge in [-0.25, -0.2) is 9.97 Å². The quantitative estimate of drug-likeness (QED) is 0.337. The molecule has 1 fully saturated rings. The summed E-state index contributed by atoms with van der Waals surface area (Å²) in [6.45, 7) is -0.465. The molecule has 2 aromatic rings. The molecule has 10 nitrogen and oxygen atoms in total. The Hall–Kier alpha value is -2.05. The number of nitrogens with two attached hydrogens (primary N) is 3. The second-order valence-electron chi connectivity index (χ2n) is 5.18. The van der Waals surface area contributed by atoms with Crippen molar-refractivity contribution >= 4 is 39.9 Å². The van der Waals surface area contributed by atoms with Gasteiger partial charge >= 0.3 is 0 Å². The zero-order valence-electron chi connectivity index (χ0n) is 11.8. The molecule has 0 spiro atoms. The largest absolute Gasteiger partial charge is 0.394 e. The highest BCUT2D eigenvalue weighted by molar-refractivity contribution is 7.80. The van der Waals surface area contributed by atoms with Crippen molar-refractivity contribution in [3.8, 4) is 0 Å². The Labute approximate surface area is 135 Å². The maximum absolute atomic E-state index is 10.2. The highest BCUT2D eigenvalue weighted by Gasteiger charge is 2.45. The summed E-state index contributed by atoms with van der Waals surface area (Å²) in [5.41, 5.74) is 18.2. The van der Waals surface area contributed by atoms with Crippen molar-refractivity contribution in [2.24, 2.45) is 5.73 Å². The van der Waals surface area contributed by atoms with Gasteiger partial charge in [0.05, 0.1) is 17.6 Å². The molecule has 1 saturated heterocycles. The van der Waals surface area contributed by atoms with E-state index in [1.165, 1.54) is 10.9 Å². The average molecular weight is 340 g/mol. The number of aliphatic hydroxyl groups is 3. The molecule has 0 unspecified atom stereocenters. The summed E-state index contributed by atoms with van der Waals surface area (Å²) in [6.07, 6.45) is -3.44. The van der Waals surface area contributed by atoms with Crippen LogP contribution in [-0.4, -0.2) is 59.8 Å². The van der Waals surface area contributed by atoms with Crippen LogP contribution in [0.1, 0.15) is 11.8 Å². The first-order valence-electron chi connectivity index (χ1n) is 6.70. The molecular weight excluding hydrogens is 324 g/mol. The molecule has 9 N–H and O–H groups in total. The fourth-order valence-electron chi connectivity index (χ4n) is 2.77. The molecule has 1 aliphatic heterocycles. The zero-order valence-corrected chi connectivity index (χ0v) is 12.6. The summed E-state index contributed by atoms with van der Waals surface area (Å²) < 4.78 is 6.83. The van der Waals surface area contributed by atoms with Gasteiger partial charge in [-0.05, 0) is 0 Å². The third-order valence-electron chi connectivity index (χ3n) is 3.87. The van der Waals surface area contributed by atoms with Crippen molar-refractivity contribution in [2.75, 3.05) is 18.1 Å². The third kappa shape index (κ3) is 2.21. The van der Waals surface area contributed by atoms with Crippen LogP contribution in [-0.2, 0) is 4.74 Å². The van der Waals surface area contributed by atoms with E-state index in [0.29, 0.717) is 5.39 Å². The van der Waals surface area contributed by atoms with Crippen LogP contribution in [0.25, 0.3) is 11.0 Å². The second-order valence-corrected chi connectivity index (χ2v) is 5.62. The van der Waals surface area contributed by atoms with Crippen LogP contribution < -0.4 is 17.2 Å². The van der Waals surface area contributed by atoms with E-state index >= 15 is 0 Å². The maximum Gasteiger partial charge on any atom is 0.166 e. The molecule has 0 amide bonds. The van der Waals surface area contributed by atoms with Crippen molar-refractivity contribution < 1.29 is 20.1 Å². The van der Waals surface area contributed by atoms with Crippen molar-refractivity contribution in [3.05, 3.63) is 11.9 Å². The number of ether oxygens (including phenoxy) is 1. The predicted octanol–water partition coefficient (Wildman–Crippen LogP) is -2.16. The third-order valence-corrected chi connectivity index (χ3v) is 4.07. The highest BCUT2D eigenvalue weighted by atomic mass is 32.1. The van der Waals surface area contributed by atoms with Crippen LogP contribution in [0.3, 0.4) is 0 Å². The van der Waals surface area contributed by atoms with Crippen molar-refractivity contribution in [2.45, 2.75) is 24.5 Å². The van der Waals surface area contributed by atoms with Gasteiger partial charge in [0.2, 0.25) is 0 Å². The molecule has 2 aromatic heterocycles. The lowest BCUT2D eigenvalue weighted by atomic mass is 10.1. The number of fused-ring (bicyclic) bond motifs is 1. The van der Waals surface area contributed by atoms with Crippen LogP contribution in [0.4, 0.5) is 11.6 Å². The fourth-order valence-corrected chi connectivity index (χ4v) is 2.98. The van der Waals surface area contributed by atoms with Crippen molar-refractivity contribution in [3.63, 3.8) is 0 Å². The number of anilines is 2. The summed E-state index contributed by atoms with van der Waals surface area (Å²) in [5, 5.41) is 29.7. The van der Waals surface area contributed by atoms with E-state index in [-0.39, 0.29) is 27.8 Å². The minimum atomic E-state index is -1.33. The monoisotopic (exact) mass is 340 g/mol. The Morgan fingerprint density at radius 3 is 2.57 bits per heavy atom. The first-order valence-corrected chi connectivity index (χ1v) is 7.11. The summed E-state index contributed by atoms with van der Waals surface area (Å²) in [4.78, 5) is 7.97. The lowest BCUT2D eigenvalue weighted by molar-refractivity contribution is -0.0498. The molecule has 3 heterocycles. The van der Waals surface area contributed by atoms with E-state index in [4.69, 9.17) is 34.2 Å². The first kappa shape index (κ1) is 15.8. The lowest BCUT2D eigenvalue weighted by Gasteiger charge is -2.19. The number of hydrogen-bond donors (Lipinski definition) is 6. The van der Waals surface area contributed by atoms with Crippen molar-refractivity contribution in [1.82, 2.24) is 14.5 Å². The van der Waals surface area contributed by atoms with E-state index in [0.717, 1.165) is 0 Å². The van der Waals surface area contributed by atoms with E-state index in [1.807, 2.05) is 0 Å². The van der Waals surface area contributed by atoms with E-state index in [9.17, 15) is 15.3 Å². The van der Waals surface area contributed by atoms with Gasteiger partial charge in [-0.15, -0.1) is 0 Å². The fraction of sp³-hybridized carbons (Fsp3) is 0.417. The molecule has 3 rings (SSSR count). The highest BCUT2D eigenvalue weighted by Crippen LogP contribution is 2.38. The summed E-state index contributed by atoms with van der Waals surface area (Å²) in [6, 6.07) is 0. The number of rotatable bonds is 3. The van der Waals surface area contributed by atoms with Gasteiger partial charge in [0.15, 0.2) is 6.23 Å². The second kappa shape index (κ2) is 5.54. The number of aromatic nitrogens is 3. The van der Waals surface area contributed by atoms with Gasteiger partial charge in [-0.1, -0.05) is 12.2 Å². The molecule has 0 bridgehead atoms. The lowest BCUT2D eigenvalue weighted by Crippen LogP contribution is -2.33. The number of hydrogen-bond acceptors (Lipinski definition) is 9. The molecule has 124 valence electrons. The van der Waals surface area contributed by atoms with E-state index in [1.54, 1.807) is 0 Å². The van der Waals surface area contributed by atoms with Gasteiger partial charge in [0, 0.05) is 0 Å². The normalized spacial score (nSPS) is 27.6. The van der Waals surface area contributed by atoms with Crippen LogP contribution in [0.2, 0.25) is 0 Å². The molecule has 11 heteroatoms. The first-order chi connectivity index (χ1) is 10.9. The standard InChI is InChI=1S/C12H16N6O4S/c13-8-4-5(10(15)23)9(14)18(11(4)17-2-16-8)12-7(21)6(20)3(1-19)22-12/h2-3,6-7,12,19-21H,1,14H2,(H2,15,23)(H2,13,16,17)/t3-,6+,7+,12-/m0/s1. The average Bonchev–Trinajstić information content (AvgIpc) is 2.95. The van der Waals surface area contributed by atoms with Gasteiger partial charge in [0.1, 0.15) is 46.9 Å². The van der Waals surface area contributed by atoms with Gasteiger partial charge < -0.3 is 37.3 Å². The summed E-state index contributed by atoms with van der Waals surface area (Å²) >= 11 is 5.00. The van der Waals surface area contributed by atoms with Crippen LogP contribution in [0, 0.1) is 0 Å². The minimum absolute atomic E-state index is 0.0144. The Balaban J connectivity index is 2.25. The Morgan fingerprint density at radius 2 is 2.00 bits per heavy atom. The number of nitrogen functional groups attached to an aromatic ring is 2. The van der Waals surface area contributed by atoms with Crippen LogP contribution in [0.15, 0.2) is 6.33 Å². The Kier molecular flexibility index (Phi) is 3.82. The molecular formula is C12H16N6O4S. The number of nitrogens with zero attached hydrogens (tertiary/aromatic N) is 3. The van der Waals surface area contributed by atoms with E-state index < -0.39 is 31.1 Å². The molecule has 0 aliphatic carbocycles. The molecule has 23 heavy (non-hydrogen) atoms.